The van der Waals surface area contributed by atoms with Gasteiger partial charge in [-0.2, -0.15) is 0 Å². The molecule has 80 valence electrons. The van der Waals surface area contributed by atoms with Gasteiger partial charge in [-0.1, -0.05) is 19.4 Å². The molecule has 0 N–H and O–H groups in total. The summed E-state index contributed by atoms with van der Waals surface area (Å²) >= 11 is 6.12. The van der Waals surface area contributed by atoms with Gasteiger partial charge in [0.25, 0.3) is 0 Å². The number of alkyl halides is 1. The van der Waals surface area contributed by atoms with E-state index in [0.29, 0.717) is 5.38 Å². The van der Waals surface area contributed by atoms with Crippen molar-refractivity contribution in [3.63, 3.8) is 0 Å². The summed E-state index contributed by atoms with van der Waals surface area (Å²) in [5.41, 5.74) is 0. The highest BCUT2D eigenvalue weighted by atomic mass is 35.5. The number of aryl methyl sites for hydroxylation is 1. The Balaban J connectivity index is 0.00000169. The third-order valence-electron chi connectivity index (χ3n) is 2.08. The quantitative estimate of drug-likeness (QED) is 0.489. The summed E-state index contributed by atoms with van der Waals surface area (Å²) in [7, 11) is 0. The average molecular weight is 234 g/mol. The topological polar surface area (TPSA) is 3.88 Å². The number of pyridine rings is 1. The van der Waals surface area contributed by atoms with Gasteiger partial charge in [-0.25, -0.2) is 4.57 Å². The Morgan fingerprint density at radius 1 is 1.14 bits per heavy atom. The molecule has 14 heavy (non-hydrogen) atoms. The number of aromatic nitrogens is 1. The molecule has 0 fully saturated rings. The van der Waals surface area contributed by atoms with E-state index in [2.05, 4.69) is 23.9 Å². The first-order chi connectivity index (χ1) is 6.33. The van der Waals surface area contributed by atoms with E-state index in [4.69, 9.17) is 11.6 Å². The van der Waals surface area contributed by atoms with Gasteiger partial charge in [0.15, 0.2) is 12.4 Å². The fourth-order valence-corrected chi connectivity index (χ4v) is 1.65. The van der Waals surface area contributed by atoms with E-state index >= 15 is 0 Å². The lowest BCUT2D eigenvalue weighted by molar-refractivity contribution is -0.697. The number of nitrogens with zero attached hydrogens (tertiary/aromatic N) is 1. The second-order valence-electron chi connectivity index (χ2n) is 3.29. The molecule has 0 saturated heterocycles. The van der Waals surface area contributed by atoms with Crippen LogP contribution in [-0.4, -0.2) is 5.38 Å². The monoisotopic (exact) mass is 233 g/mol. The molecule has 1 aromatic heterocycles. The molecular formula is C11H17Cl2N. The minimum atomic E-state index is 0. The van der Waals surface area contributed by atoms with Crippen molar-refractivity contribution in [2.75, 3.05) is 0 Å². The Labute approximate surface area is 97.5 Å². The molecule has 1 atom stereocenters. The van der Waals surface area contributed by atoms with Crippen molar-refractivity contribution >= 4 is 11.6 Å². The zero-order valence-electron chi connectivity index (χ0n) is 8.50. The smallest absolute Gasteiger partial charge is 0.168 e. The van der Waals surface area contributed by atoms with Gasteiger partial charge in [-0.15, -0.1) is 11.6 Å². The van der Waals surface area contributed by atoms with Gasteiger partial charge in [0.2, 0.25) is 0 Å². The van der Waals surface area contributed by atoms with Crippen LogP contribution in [0.3, 0.4) is 0 Å². The van der Waals surface area contributed by atoms with Gasteiger partial charge < -0.3 is 12.4 Å². The Bertz CT molecular complexity index is 226. The van der Waals surface area contributed by atoms with Crippen LogP contribution >= 0.6 is 11.6 Å². The molecule has 1 nitrogen and oxygen atoms in total. The highest BCUT2D eigenvalue weighted by Gasteiger charge is 2.06. The molecule has 1 unspecified atom stereocenters. The summed E-state index contributed by atoms with van der Waals surface area (Å²) in [6.45, 7) is 3.19. The molecule has 3 heteroatoms. The first kappa shape index (κ1) is 13.7. The molecule has 0 saturated carbocycles. The summed E-state index contributed by atoms with van der Waals surface area (Å²) < 4.78 is 2.17. The first-order valence-corrected chi connectivity index (χ1v) is 5.34. The van der Waals surface area contributed by atoms with Crippen molar-refractivity contribution in [1.82, 2.24) is 0 Å². The Morgan fingerprint density at radius 2 is 1.79 bits per heavy atom. The molecule has 0 amide bonds. The third kappa shape index (κ3) is 5.46. The van der Waals surface area contributed by atoms with Gasteiger partial charge in [-0.3, -0.25) is 0 Å². The number of hydrogen-bond acceptors (Lipinski definition) is 0. The normalized spacial score (nSPS) is 11.9. The maximum absolute atomic E-state index is 6.12. The Kier molecular flexibility index (Phi) is 7.92. The van der Waals surface area contributed by atoms with Crippen molar-refractivity contribution < 1.29 is 17.0 Å². The maximum Gasteiger partial charge on any atom is 0.168 e. The van der Waals surface area contributed by atoms with Crippen LogP contribution in [-0.2, 0) is 6.54 Å². The molecule has 0 aromatic carbocycles. The van der Waals surface area contributed by atoms with E-state index in [-0.39, 0.29) is 12.4 Å². The third-order valence-corrected chi connectivity index (χ3v) is 2.52. The van der Waals surface area contributed by atoms with Crippen molar-refractivity contribution in [3.8, 4) is 0 Å². The lowest BCUT2D eigenvalue weighted by atomic mass is 10.2. The second kappa shape index (κ2) is 8.07. The minimum Gasteiger partial charge on any atom is -1.00 e. The molecule has 0 spiro atoms. The highest BCUT2D eigenvalue weighted by Crippen LogP contribution is 2.08. The molecule has 1 rings (SSSR count). The molecule has 0 radical (unpaired) electrons. The van der Waals surface area contributed by atoms with Crippen molar-refractivity contribution in [3.05, 3.63) is 30.6 Å². The summed E-state index contributed by atoms with van der Waals surface area (Å²) in [6, 6.07) is 6.12. The molecule has 0 aliphatic heterocycles. The predicted octanol–water partition coefficient (Wildman–Crippen LogP) is -0.224. The maximum atomic E-state index is 6.12. The molecule has 0 bridgehead atoms. The van der Waals surface area contributed by atoms with Crippen molar-refractivity contribution in [1.29, 1.82) is 0 Å². The summed E-state index contributed by atoms with van der Waals surface area (Å²) in [5.74, 6) is 0. The summed E-state index contributed by atoms with van der Waals surface area (Å²) in [4.78, 5) is 0. The van der Waals surface area contributed by atoms with Gasteiger partial charge in [0, 0.05) is 23.9 Å². The van der Waals surface area contributed by atoms with Gasteiger partial charge >= 0.3 is 0 Å². The molecule has 0 aliphatic carbocycles. The Morgan fingerprint density at radius 3 is 2.36 bits per heavy atom. The second-order valence-corrected chi connectivity index (χ2v) is 3.91. The number of rotatable bonds is 5. The van der Waals surface area contributed by atoms with Crippen LogP contribution in [0.15, 0.2) is 30.6 Å². The largest absolute Gasteiger partial charge is 1.00 e. The minimum absolute atomic E-state index is 0. The van der Waals surface area contributed by atoms with Crippen LogP contribution in [0.25, 0.3) is 0 Å². The fraction of sp³-hybridized carbons (Fsp3) is 0.545. The van der Waals surface area contributed by atoms with E-state index in [1.165, 1.54) is 6.42 Å². The van der Waals surface area contributed by atoms with Crippen molar-refractivity contribution in [2.45, 2.75) is 38.1 Å². The van der Waals surface area contributed by atoms with E-state index in [0.717, 1.165) is 19.4 Å². The molecule has 1 heterocycles. The average Bonchev–Trinajstić information content (AvgIpc) is 2.17. The SMILES string of the molecule is CCCC(Cl)CC[n+]1ccccc1.[Cl-]. The first-order valence-electron chi connectivity index (χ1n) is 4.91. The highest BCUT2D eigenvalue weighted by molar-refractivity contribution is 6.20. The molecule has 0 aliphatic rings. The van der Waals surface area contributed by atoms with E-state index in [1.807, 2.05) is 18.2 Å². The van der Waals surface area contributed by atoms with Gasteiger partial charge in [0.05, 0.1) is 0 Å². The van der Waals surface area contributed by atoms with Crippen LogP contribution in [0.4, 0.5) is 0 Å². The van der Waals surface area contributed by atoms with E-state index in [1.54, 1.807) is 0 Å². The molecular weight excluding hydrogens is 217 g/mol. The Hall–Kier alpha value is -0.270. The predicted molar refractivity (Wildman–Crippen MR) is 55.8 cm³/mol. The van der Waals surface area contributed by atoms with Crippen LogP contribution in [0.1, 0.15) is 26.2 Å². The number of hydrogen-bond donors (Lipinski definition) is 0. The lowest BCUT2D eigenvalue weighted by Crippen LogP contribution is -3.00. The zero-order chi connectivity index (χ0) is 9.52. The molecule has 1 aromatic rings. The lowest BCUT2D eigenvalue weighted by Gasteiger charge is -2.04. The van der Waals surface area contributed by atoms with Crippen molar-refractivity contribution in [2.24, 2.45) is 0 Å². The summed E-state index contributed by atoms with van der Waals surface area (Å²) in [6.07, 6.45) is 7.51. The van der Waals surface area contributed by atoms with Crippen LogP contribution in [0.2, 0.25) is 0 Å². The van der Waals surface area contributed by atoms with E-state index < -0.39 is 0 Å². The van der Waals surface area contributed by atoms with Gasteiger partial charge in [0.1, 0.15) is 6.54 Å². The van der Waals surface area contributed by atoms with Crippen LogP contribution in [0.5, 0.6) is 0 Å². The van der Waals surface area contributed by atoms with Gasteiger partial charge in [-0.05, 0) is 6.42 Å². The van der Waals surface area contributed by atoms with E-state index in [9.17, 15) is 0 Å². The fourth-order valence-electron chi connectivity index (χ4n) is 1.33. The van der Waals surface area contributed by atoms with Crippen LogP contribution < -0.4 is 17.0 Å². The summed E-state index contributed by atoms with van der Waals surface area (Å²) in [5, 5.41) is 0.331. The van der Waals surface area contributed by atoms with Crippen LogP contribution in [0, 0.1) is 0 Å². The zero-order valence-corrected chi connectivity index (χ0v) is 10.0. The standard InChI is InChI=1S/C11H17ClN.ClH/c1-2-6-11(12)7-10-13-8-4-3-5-9-13;/h3-5,8-9,11H,2,6-7,10H2,1H3;1H/q+1;/p-1. The number of halogens is 2.